The Bertz CT molecular complexity index is 202. The summed E-state index contributed by atoms with van der Waals surface area (Å²) in [6, 6.07) is 0. The van der Waals surface area contributed by atoms with Crippen molar-refractivity contribution in [1.82, 2.24) is 0 Å². The molecule has 0 aliphatic carbocycles. The van der Waals surface area contributed by atoms with Crippen molar-refractivity contribution in [1.29, 1.82) is 0 Å². The summed E-state index contributed by atoms with van der Waals surface area (Å²) < 4.78 is 15.6. The van der Waals surface area contributed by atoms with Crippen LogP contribution in [0.3, 0.4) is 0 Å². The highest BCUT2D eigenvalue weighted by Crippen LogP contribution is 2.10. The third-order valence-electron chi connectivity index (χ3n) is 1.99. The summed E-state index contributed by atoms with van der Waals surface area (Å²) in [6.07, 6.45) is 2.61. The van der Waals surface area contributed by atoms with Crippen molar-refractivity contribution in [2.45, 2.75) is 32.2 Å². The number of carbonyl (C=O) groups excluding carboxylic acids is 1. The van der Waals surface area contributed by atoms with E-state index in [1.54, 1.807) is 0 Å². The summed E-state index contributed by atoms with van der Waals surface area (Å²) in [4.78, 5) is 10.9. The standard InChI is InChI=1S/C10H16O4/c1-3-9(11)14-10-7-13-8(2)5-4-6-12-10/h3,8,10H,1,4-7H2,2H3. The van der Waals surface area contributed by atoms with Gasteiger partial charge in [-0.05, 0) is 19.8 Å². The first-order valence-corrected chi connectivity index (χ1v) is 4.78. The van der Waals surface area contributed by atoms with Gasteiger partial charge < -0.3 is 14.2 Å². The van der Waals surface area contributed by atoms with Crippen molar-refractivity contribution in [3.8, 4) is 0 Å². The molecule has 0 aromatic carbocycles. The molecule has 0 spiro atoms. The smallest absolute Gasteiger partial charge is 0.332 e. The number of esters is 1. The highest BCUT2D eigenvalue weighted by atomic mass is 16.7. The summed E-state index contributed by atoms with van der Waals surface area (Å²) in [5.74, 6) is -0.480. The van der Waals surface area contributed by atoms with Crippen LogP contribution in [0.25, 0.3) is 0 Å². The van der Waals surface area contributed by atoms with Crippen LogP contribution in [0.1, 0.15) is 19.8 Å². The van der Waals surface area contributed by atoms with Crippen molar-refractivity contribution >= 4 is 5.97 Å². The molecular formula is C10H16O4. The molecule has 1 aliphatic rings. The van der Waals surface area contributed by atoms with E-state index in [2.05, 4.69) is 6.58 Å². The van der Waals surface area contributed by atoms with Crippen LogP contribution in [0.2, 0.25) is 0 Å². The molecule has 1 heterocycles. The average Bonchev–Trinajstić information content (AvgIpc) is 2.16. The van der Waals surface area contributed by atoms with E-state index in [0.29, 0.717) is 13.2 Å². The molecule has 1 aliphatic heterocycles. The zero-order valence-electron chi connectivity index (χ0n) is 8.40. The van der Waals surface area contributed by atoms with Crippen molar-refractivity contribution in [3.05, 3.63) is 12.7 Å². The minimum Gasteiger partial charge on any atom is -0.430 e. The average molecular weight is 200 g/mol. The fraction of sp³-hybridized carbons (Fsp3) is 0.700. The largest absolute Gasteiger partial charge is 0.430 e. The van der Waals surface area contributed by atoms with Gasteiger partial charge in [-0.15, -0.1) is 0 Å². The quantitative estimate of drug-likeness (QED) is 0.497. The molecule has 0 N–H and O–H groups in total. The van der Waals surface area contributed by atoms with Crippen LogP contribution in [0.5, 0.6) is 0 Å². The molecule has 0 bridgehead atoms. The van der Waals surface area contributed by atoms with Crippen molar-refractivity contribution in [3.63, 3.8) is 0 Å². The van der Waals surface area contributed by atoms with Crippen LogP contribution in [-0.2, 0) is 19.0 Å². The monoisotopic (exact) mass is 200 g/mol. The number of hydrogen-bond acceptors (Lipinski definition) is 4. The Kier molecular flexibility index (Phi) is 4.62. The van der Waals surface area contributed by atoms with Gasteiger partial charge in [-0.2, -0.15) is 0 Å². The van der Waals surface area contributed by atoms with Crippen LogP contribution in [0.4, 0.5) is 0 Å². The number of hydrogen-bond donors (Lipinski definition) is 0. The van der Waals surface area contributed by atoms with Crippen LogP contribution in [0.15, 0.2) is 12.7 Å². The van der Waals surface area contributed by atoms with E-state index < -0.39 is 12.3 Å². The molecule has 1 saturated heterocycles. The Morgan fingerprint density at radius 3 is 3.07 bits per heavy atom. The van der Waals surface area contributed by atoms with Crippen LogP contribution in [0, 0.1) is 0 Å². The highest BCUT2D eigenvalue weighted by molar-refractivity contribution is 5.81. The van der Waals surface area contributed by atoms with Gasteiger partial charge in [0.2, 0.25) is 6.29 Å². The maximum Gasteiger partial charge on any atom is 0.332 e. The van der Waals surface area contributed by atoms with E-state index in [0.717, 1.165) is 18.9 Å². The van der Waals surface area contributed by atoms with E-state index in [9.17, 15) is 4.79 Å². The second-order valence-electron chi connectivity index (χ2n) is 3.23. The lowest BCUT2D eigenvalue weighted by Gasteiger charge is -2.23. The predicted molar refractivity (Wildman–Crippen MR) is 50.7 cm³/mol. The maximum atomic E-state index is 10.9. The molecule has 14 heavy (non-hydrogen) atoms. The molecule has 0 aromatic heterocycles. The lowest BCUT2D eigenvalue weighted by Crippen LogP contribution is -2.30. The number of ether oxygens (including phenoxy) is 3. The van der Waals surface area contributed by atoms with Crippen molar-refractivity contribution in [2.24, 2.45) is 0 Å². The summed E-state index contributed by atoms with van der Waals surface area (Å²) in [5.41, 5.74) is 0. The molecule has 1 fully saturated rings. The molecule has 0 saturated carbocycles. The van der Waals surface area contributed by atoms with E-state index in [-0.39, 0.29) is 6.10 Å². The summed E-state index contributed by atoms with van der Waals surface area (Å²) >= 11 is 0. The van der Waals surface area contributed by atoms with E-state index >= 15 is 0 Å². The minimum atomic E-state index is -0.594. The van der Waals surface area contributed by atoms with Crippen molar-refractivity contribution < 1.29 is 19.0 Å². The first-order chi connectivity index (χ1) is 6.72. The van der Waals surface area contributed by atoms with Crippen molar-refractivity contribution in [2.75, 3.05) is 13.2 Å². The SMILES string of the molecule is C=CC(=O)OC1COC(C)CCCO1. The Morgan fingerprint density at radius 1 is 1.57 bits per heavy atom. The molecule has 4 heteroatoms. The van der Waals surface area contributed by atoms with Gasteiger partial charge in [0.25, 0.3) is 0 Å². The normalized spacial score (nSPS) is 28.6. The molecular weight excluding hydrogens is 184 g/mol. The summed E-state index contributed by atoms with van der Waals surface area (Å²) in [7, 11) is 0. The van der Waals surface area contributed by atoms with E-state index in [1.165, 1.54) is 0 Å². The highest BCUT2D eigenvalue weighted by Gasteiger charge is 2.17. The second-order valence-corrected chi connectivity index (χ2v) is 3.23. The van der Waals surface area contributed by atoms with Gasteiger partial charge in [-0.1, -0.05) is 6.58 Å². The molecule has 4 nitrogen and oxygen atoms in total. The third kappa shape index (κ3) is 3.89. The molecule has 0 aromatic rings. The fourth-order valence-corrected chi connectivity index (χ4v) is 1.21. The predicted octanol–water partition coefficient (Wildman–Crippen LogP) is 1.26. The van der Waals surface area contributed by atoms with Crippen LogP contribution < -0.4 is 0 Å². The van der Waals surface area contributed by atoms with Gasteiger partial charge in [-0.25, -0.2) is 4.79 Å². The van der Waals surface area contributed by atoms with Gasteiger partial charge >= 0.3 is 5.97 Å². The second kappa shape index (κ2) is 5.78. The van der Waals surface area contributed by atoms with Gasteiger partial charge in [0.15, 0.2) is 0 Å². The third-order valence-corrected chi connectivity index (χ3v) is 1.99. The van der Waals surface area contributed by atoms with Crippen LogP contribution >= 0.6 is 0 Å². The lowest BCUT2D eigenvalue weighted by molar-refractivity contribution is -0.196. The fourth-order valence-electron chi connectivity index (χ4n) is 1.21. The molecule has 0 amide bonds. The number of carbonyl (C=O) groups is 1. The topological polar surface area (TPSA) is 44.8 Å². The molecule has 1 rings (SSSR count). The van der Waals surface area contributed by atoms with E-state index in [1.807, 2.05) is 6.92 Å². The Labute approximate surface area is 83.8 Å². The molecule has 2 unspecified atom stereocenters. The zero-order chi connectivity index (χ0) is 10.4. The zero-order valence-corrected chi connectivity index (χ0v) is 8.40. The first-order valence-electron chi connectivity index (χ1n) is 4.78. The van der Waals surface area contributed by atoms with Gasteiger partial charge in [0, 0.05) is 6.08 Å². The summed E-state index contributed by atoms with van der Waals surface area (Å²) in [5, 5.41) is 0. The van der Waals surface area contributed by atoms with Gasteiger partial charge in [0.05, 0.1) is 12.7 Å². The van der Waals surface area contributed by atoms with Gasteiger partial charge in [0.1, 0.15) is 6.61 Å². The summed E-state index contributed by atoms with van der Waals surface area (Å²) in [6.45, 7) is 6.20. The number of rotatable bonds is 2. The van der Waals surface area contributed by atoms with E-state index in [4.69, 9.17) is 14.2 Å². The first kappa shape index (κ1) is 11.2. The maximum absolute atomic E-state index is 10.9. The van der Waals surface area contributed by atoms with Gasteiger partial charge in [-0.3, -0.25) is 0 Å². The Morgan fingerprint density at radius 2 is 2.36 bits per heavy atom. The molecule has 80 valence electrons. The molecule has 2 atom stereocenters. The molecule has 0 radical (unpaired) electrons. The van der Waals surface area contributed by atoms with Crippen LogP contribution in [-0.4, -0.2) is 31.6 Å². The lowest BCUT2D eigenvalue weighted by atomic mass is 10.2. The Hall–Kier alpha value is -0.870. The Balaban J connectivity index is 2.35. The minimum absolute atomic E-state index is 0.198.